The average Bonchev–Trinajstić information content (AvgIpc) is 1.68. The molecule has 0 aromatic carbocycles. The van der Waals surface area contributed by atoms with Crippen LogP contribution < -0.4 is 0 Å². The number of aliphatic hydroxyl groups excluding tert-OH is 1. The van der Waals surface area contributed by atoms with Gasteiger partial charge in [0.05, 0.1) is 0 Å². The Morgan fingerprint density at radius 2 is 2.43 bits per heavy atom. The molecular weight excluding hydrogens is 86.9 g/mol. The highest BCUT2D eigenvalue weighted by molar-refractivity contribution is 6.22. The topological polar surface area (TPSA) is 20.2 Å². The van der Waals surface area contributed by atoms with Crippen molar-refractivity contribution in [1.29, 1.82) is 0 Å². The van der Waals surface area contributed by atoms with E-state index in [0.717, 1.165) is 0 Å². The molecule has 0 aliphatic heterocycles. The largest absolute Gasteiger partial charge is 0.377 e. The summed E-state index contributed by atoms with van der Waals surface area (Å²) in [5.41, 5.74) is 0. The Hall–Kier alpha value is -0.675. The highest BCUT2D eigenvalue weighted by Gasteiger charge is 1.82. The first-order valence-electron chi connectivity index (χ1n) is 1.83. The quantitative estimate of drug-likeness (QED) is 0.266. The van der Waals surface area contributed by atoms with E-state index in [1.165, 1.54) is 6.08 Å². The summed E-state index contributed by atoms with van der Waals surface area (Å²) in [5, 5.41) is 8.49. The smallest absolute Gasteiger partial charge is 0.188 e. The van der Waals surface area contributed by atoms with Gasteiger partial charge >= 0.3 is 0 Å². The first-order valence-corrected chi connectivity index (χ1v) is 1.83. The Kier molecular flexibility index (Phi) is 3.17. The monoisotopic (exact) mass is 92.0 g/mol. The summed E-state index contributed by atoms with van der Waals surface area (Å²) in [6.07, 6.45) is 0.532. The minimum absolute atomic E-state index is 0.773. The Bertz CT molecular complexity index is 109. The van der Waals surface area contributed by atoms with Crippen molar-refractivity contribution in [1.82, 2.24) is 0 Å². The van der Waals surface area contributed by atoms with E-state index in [1.807, 2.05) is 5.82 Å². The lowest BCUT2D eigenvalue weighted by Gasteiger charge is -1.86. The van der Waals surface area contributed by atoms with E-state index in [-0.39, 0.29) is 0 Å². The normalized spacial score (nSPS) is 11.0. The predicted molar refractivity (Wildman–Crippen MR) is 29.7 cm³/mol. The van der Waals surface area contributed by atoms with Crippen LogP contribution in [0.2, 0.25) is 0 Å². The lowest BCUT2D eigenvalue weighted by Crippen LogP contribution is -1.94. The van der Waals surface area contributed by atoms with E-state index >= 15 is 0 Å². The Morgan fingerprint density at radius 3 is 2.57 bits per heavy atom. The molecule has 0 amide bonds. The Balaban J connectivity index is 3.49. The molecule has 0 aromatic heterocycles. The van der Waals surface area contributed by atoms with Crippen molar-refractivity contribution in [2.45, 2.75) is 6.10 Å². The molecule has 0 bridgehead atoms. The molecule has 7 heavy (non-hydrogen) atoms. The van der Waals surface area contributed by atoms with E-state index in [2.05, 4.69) is 12.5 Å². The third kappa shape index (κ3) is 3.15. The fourth-order valence-electron chi connectivity index (χ4n) is 0.144. The third-order valence-corrected chi connectivity index (χ3v) is 0.454. The molecule has 0 aromatic rings. The van der Waals surface area contributed by atoms with Crippen LogP contribution in [-0.4, -0.2) is 19.1 Å². The van der Waals surface area contributed by atoms with Gasteiger partial charge in [-0.3, -0.25) is 0 Å². The summed E-state index contributed by atoms with van der Waals surface area (Å²) in [6, 6.07) is 0. The summed E-state index contributed by atoms with van der Waals surface area (Å²) < 4.78 is 0. The van der Waals surface area contributed by atoms with Crippen LogP contribution >= 0.6 is 0 Å². The molecule has 0 fully saturated rings. The molecule has 0 saturated heterocycles. The van der Waals surface area contributed by atoms with Gasteiger partial charge in [0.1, 0.15) is 6.10 Å². The van der Waals surface area contributed by atoms with Gasteiger partial charge in [-0.15, -0.1) is 0 Å². The van der Waals surface area contributed by atoms with Crippen LogP contribution in [0.15, 0.2) is 12.7 Å². The predicted octanol–water partition coefficient (Wildman–Crippen LogP) is -0.337. The molecule has 0 rings (SSSR count). The van der Waals surface area contributed by atoms with Crippen molar-refractivity contribution in [3.05, 3.63) is 12.7 Å². The highest BCUT2D eigenvalue weighted by atomic mass is 16.3. The molecule has 0 heterocycles. The molecule has 0 spiro atoms. The average molecular weight is 91.9 g/mol. The van der Waals surface area contributed by atoms with E-state index in [9.17, 15) is 0 Å². The number of hydrogen-bond acceptors (Lipinski definition) is 1. The molecule has 0 aliphatic rings. The molecule has 34 valence electrons. The summed E-state index contributed by atoms with van der Waals surface area (Å²) in [4.78, 5) is 0. The van der Waals surface area contributed by atoms with E-state index in [0.29, 0.717) is 0 Å². The maximum atomic E-state index is 8.49. The van der Waals surface area contributed by atoms with Crippen molar-refractivity contribution < 1.29 is 5.11 Å². The van der Waals surface area contributed by atoms with Crippen LogP contribution in [0.5, 0.6) is 0 Å². The number of hydrogen-bond donors (Lipinski definition) is 1. The summed E-state index contributed by atoms with van der Waals surface area (Å²) in [6.45, 7) is 3.27. The van der Waals surface area contributed by atoms with Gasteiger partial charge < -0.3 is 5.11 Å². The van der Waals surface area contributed by atoms with Gasteiger partial charge in [-0.2, -0.15) is 5.82 Å². The summed E-state index contributed by atoms with van der Waals surface area (Å²) >= 11 is 0. The van der Waals surface area contributed by atoms with Crippen LogP contribution in [-0.2, 0) is 0 Å². The van der Waals surface area contributed by atoms with Crippen molar-refractivity contribution >= 4 is 7.85 Å². The SMILES string of the molecule is [B]C#C[C@@H](O)C=C. The minimum atomic E-state index is -0.773. The van der Waals surface area contributed by atoms with Crippen LogP contribution in [0, 0.1) is 11.7 Å². The molecule has 0 saturated carbocycles. The Labute approximate surface area is 44.5 Å². The first kappa shape index (κ1) is 6.32. The van der Waals surface area contributed by atoms with Crippen LogP contribution in [0.25, 0.3) is 0 Å². The molecule has 2 radical (unpaired) electrons. The Morgan fingerprint density at radius 1 is 1.86 bits per heavy atom. The second-order valence-corrected chi connectivity index (χ2v) is 0.969. The van der Waals surface area contributed by atoms with Crippen LogP contribution in [0.3, 0.4) is 0 Å². The van der Waals surface area contributed by atoms with Crippen molar-refractivity contribution in [3.63, 3.8) is 0 Å². The van der Waals surface area contributed by atoms with Gasteiger partial charge in [0, 0.05) is 0 Å². The second-order valence-electron chi connectivity index (χ2n) is 0.969. The fraction of sp³-hybridized carbons (Fsp3) is 0.200. The van der Waals surface area contributed by atoms with Crippen molar-refractivity contribution in [3.8, 4) is 11.7 Å². The van der Waals surface area contributed by atoms with Gasteiger partial charge in [-0.05, 0) is 0 Å². The molecule has 1 atom stereocenters. The van der Waals surface area contributed by atoms with Gasteiger partial charge in [-0.1, -0.05) is 18.6 Å². The van der Waals surface area contributed by atoms with E-state index in [1.54, 1.807) is 0 Å². The van der Waals surface area contributed by atoms with Crippen molar-refractivity contribution in [2.24, 2.45) is 0 Å². The third-order valence-electron chi connectivity index (χ3n) is 0.454. The number of rotatable bonds is 1. The molecule has 0 aliphatic carbocycles. The highest BCUT2D eigenvalue weighted by Crippen LogP contribution is 1.75. The van der Waals surface area contributed by atoms with E-state index < -0.39 is 6.10 Å². The van der Waals surface area contributed by atoms with Crippen LogP contribution in [0.4, 0.5) is 0 Å². The minimum Gasteiger partial charge on any atom is -0.377 e. The molecule has 2 heteroatoms. The zero-order valence-corrected chi connectivity index (χ0v) is 3.89. The van der Waals surface area contributed by atoms with Crippen molar-refractivity contribution in [2.75, 3.05) is 0 Å². The maximum Gasteiger partial charge on any atom is 0.188 e. The zero-order valence-electron chi connectivity index (χ0n) is 3.89. The molecule has 1 N–H and O–H groups in total. The molecule has 0 unspecified atom stereocenters. The summed E-state index contributed by atoms with van der Waals surface area (Å²) in [7, 11) is 4.74. The first-order chi connectivity index (χ1) is 3.31. The zero-order chi connectivity index (χ0) is 5.70. The fourth-order valence-corrected chi connectivity index (χ4v) is 0.144. The maximum absolute atomic E-state index is 8.49. The van der Waals surface area contributed by atoms with Gasteiger partial charge in [0.15, 0.2) is 7.85 Å². The van der Waals surface area contributed by atoms with Crippen LogP contribution in [0.1, 0.15) is 0 Å². The van der Waals surface area contributed by atoms with E-state index in [4.69, 9.17) is 13.0 Å². The second kappa shape index (κ2) is 3.51. The lowest BCUT2D eigenvalue weighted by atomic mass is 10.1. The lowest BCUT2D eigenvalue weighted by molar-refractivity contribution is 0.281. The molecular formula is C5H5BO. The summed E-state index contributed by atoms with van der Waals surface area (Å²) in [5.74, 6) is 4.31. The van der Waals surface area contributed by atoms with Gasteiger partial charge in [0.25, 0.3) is 0 Å². The number of aliphatic hydroxyl groups is 1. The molecule has 1 nitrogen and oxygen atoms in total. The van der Waals surface area contributed by atoms with Gasteiger partial charge in [-0.25, -0.2) is 0 Å². The standard InChI is InChI=1S/C5H5BO/c1-2-5(7)3-4-6/h2,5,7H,1H2/t5-/m0/s1. The van der Waals surface area contributed by atoms with Gasteiger partial charge in [0.2, 0.25) is 0 Å².